The van der Waals surface area contributed by atoms with Gasteiger partial charge in [0.25, 0.3) is 0 Å². The van der Waals surface area contributed by atoms with Gasteiger partial charge < -0.3 is 24.6 Å². The van der Waals surface area contributed by atoms with Gasteiger partial charge in [-0.05, 0) is 64.7 Å². The van der Waals surface area contributed by atoms with Gasteiger partial charge in [-0.2, -0.15) is 0 Å². The minimum Gasteiger partial charge on any atom is -0.496 e. The van der Waals surface area contributed by atoms with E-state index in [9.17, 15) is 19.5 Å². The van der Waals surface area contributed by atoms with Crippen molar-refractivity contribution in [2.75, 3.05) is 7.11 Å². The van der Waals surface area contributed by atoms with Crippen LogP contribution in [-0.4, -0.2) is 40.8 Å². The number of pyridine rings is 1. The largest absolute Gasteiger partial charge is 0.496 e. The fraction of sp³-hybridized carbons (Fsp3) is 0.394. The number of methoxy groups -OCH3 is 1. The number of nitrogens with one attached hydrogen (secondary N) is 1. The number of rotatable bonds is 10. The van der Waals surface area contributed by atoms with E-state index < -0.39 is 23.6 Å². The van der Waals surface area contributed by atoms with Crippen LogP contribution in [0.2, 0.25) is 0 Å². The maximum absolute atomic E-state index is 13.8. The summed E-state index contributed by atoms with van der Waals surface area (Å²) in [6.45, 7) is 13.2. The number of aromatic carboxylic acids is 1. The van der Waals surface area contributed by atoms with Gasteiger partial charge in [-0.15, -0.1) is 0 Å². The molecule has 0 radical (unpaired) electrons. The molecular formula is C33H40N2O7. The molecule has 0 saturated carbocycles. The predicted molar refractivity (Wildman–Crippen MR) is 160 cm³/mol. The lowest BCUT2D eigenvalue weighted by Crippen LogP contribution is -2.32. The van der Waals surface area contributed by atoms with Gasteiger partial charge in [0.05, 0.1) is 23.9 Å². The first-order valence-electron chi connectivity index (χ1n) is 13.8. The fourth-order valence-electron chi connectivity index (χ4n) is 4.52. The number of nitrogens with zero attached hydrogens (tertiary/aromatic N) is 1. The first-order chi connectivity index (χ1) is 19.7. The fourth-order valence-corrected chi connectivity index (χ4v) is 4.52. The van der Waals surface area contributed by atoms with Crippen LogP contribution in [0.15, 0.2) is 42.5 Å². The lowest BCUT2D eigenvalue weighted by Gasteiger charge is -2.23. The molecule has 0 aliphatic carbocycles. The molecule has 0 spiro atoms. The van der Waals surface area contributed by atoms with Crippen LogP contribution in [0.4, 0.5) is 4.79 Å². The number of carbonyl (C=O) groups excluding carboxylic acids is 2. The second-order valence-electron chi connectivity index (χ2n) is 11.6. The van der Waals surface area contributed by atoms with Crippen molar-refractivity contribution in [1.82, 2.24) is 10.3 Å². The molecule has 0 aliphatic heterocycles. The van der Waals surface area contributed by atoms with Crippen molar-refractivity contribution < 1.29 is 33.7 Å². The average molecular weight is 577 g/mol. The standard InChI is InChI=1S/C33H40N2O7/c1-19(2)15-26-25(17-34-32(39)42-33(5,6)7)29(22-11-9-20(3)10-12-22)28(21(4)35-26)31(38)41-18-24-14-13-23(30(36)37)16-27(24)40-8/h9-14,16,19H,15,17-18H2,1-8H3,(H,34,39)(H,36,37). The SMILES string of the molecule is COc1cc(C(=O)O)ccc1COC(=O)c1c(C)nc(CC(C)C)c(CNC(=O)OC(C)(C)C)c1-c1ccc(C)cc1. The molecule has 224 valence electrons. The zero-order valence-corrected chi connectivity index (χ0v) is 25.6. The summed E-state index contributed by atoms with van der Waals surface area (Å²) in [4.78, 5) is 42.6. The Morgan fingerprint density at radius 3 is 2.26 bits per heavy atom. The number of aryl methyl sites for hydroxylation is 2. The lowest BCUT2D eigenvalue weighted by molar-refractivity contribution is 0.0468. The number of ether oxygens (including phenoxy) is 3. The van der Waals surface area contributed by atoms with Crippen molar-refractivity contribution in [2.45, 2.75) is 73.6 Å². The van der Waals surface area contributed by atoms with E-state index in [1.807, 2.05) is 31.2 Å². The molecule has 0 atom stereocenters. The molecule has 3 rings (SSSR count). The number of hydrogen-bond acceptors (Lipinski definition) is 7. The molecule has 3 aromatic rings. The Hall–Kier alpha value is -4.40. The average Bonchev–Trinajstić information content (AvgIpc) is 2.89. The summed E-state index contributed by atoms with van der Waals surface area (Å²) in [6.07, 6.45) is 0.0578. The van der Waals surface area contributed by atoms with E-state index in [-0.39, 0.29) is 30.2 Å². The second kappa shape index (κ2) is 13.5. The van der Waals surface area contributed by atoms with Crippen LogP contribution in [0.1, 0.15) is 83.4 Å². The molecule has 1 amide bonds. The highest BCUT2D eigenvalue weighted by Crippen LogP contribution is 2.34. The van der Waals surface area contributed by atoms with Crippen molar-refractivity contribution in [1.29, 1.82) is 0 Å². The Morgan fingerprint density at radius 1 is 1.02 bits per heavy atom. The van der Waals surface area contributed by atoms with Crippen molar-refractivity contribution in [3.05, 3.63) is 81.7 Å². The van der Waals surface area contributed by atoms with Crippen LogP contribution in [0, 0.1) is 19.8 Å². The normalized spacial score (nSPS) is 11.3. The Morgan fingerprint density at radius 2 is 1.69 bits per heavy atom. The van der Waals surface area contributed by atoms with Crippen LogP contribution < -0.4 is 10.1 Å². The Balaban J connectivity index is 2.10. The van der Waals surface area contributed by atoms with Gasteiger partial charge >= 0.3 is 18.0 Å². The molecule has 2 aromatic carbocycles. The summed E-state index contributed by atoms with van der Waals surface area (Å²) >= 11 is 0. The zero-order chi connectivity index (χ0) is 31.2. The molecule has 0 bridgehead atoms. The van der Waals surface area contributed by atoms with Crippen molar-refractivity contribution in [3.8, 4) is 16.9 Å². The second-order valence-corrected chi connectivity index (χ2v) is 11.6. The first-order valence-corrected chi connectivity index (χ1v) is 13.8. The van der Waals surface area contributed by atoms with Crippen LogP contribution in [0.3, 0.4) is 0 Å². The number of alkyl carbamates (subject to hydrolysis) is 1. The summed E-state index contributed by atoms with van der Waals surface area (Å²) < 4.78 is 16.6. The number of carboxylic acids is 1. The van der Waals surface area contributed by atoms with Crippen LogP contribution in [0.25, 0.3) is 11.1 Å². The maximum atomic E-state index is 13.8. The summed E-state index contributed by atoms with van der Waals surface area (Å²) in [5, 5.41) is 12.1. The van der Waals surface area contributed by atoms with Gasteiger partial charge in [-0.1, -0.05) is 49.7 Å². The maximum Gasteiger partial charge on any atom is 0.407 e. The van der Waals surface area contributed by atoms with Gasteiger partial charge in [0.2, 0.25) is 0 Å². The Labute approximate surface area is 247 Å². The summed E-state index contributed by atoms with van der Waals surface area (Å²) in [7, 11) is 1.42. The molecule has 42 heavy (non-hydrogen) atoms. The van der Waals surface area contributed by atoms with Gasteiger partial charge in [-0.25, -0.2) is 14.4 Å². The third kappa shape index (κ3) is 8.31. The number of amides is 1. The van der Waals surface area contributed by atoms with Gasteiger partial charge in [0, 0.05) is 28.9 Å². The third-order valence-electron chi connectivity index (χ3n) is 6.41. The van der Waals surface area contributed by atoms with Crippen molar-refractivity contribution in [3.63, 3.8) is 0 Å². The number of benzene rings is 2. The lowest BCUT2D eigenvalue weighted by atomic mass is 9.89. The number of carbonyl (C=O) groups is 3. The highest BCUT2D eigenvalue weighted by Gasteiger charge is 2.26. The highest BCUT2D eigenvalue weighted by molar-refractivity contribution is 5.99. The van der Waals surface area contributed by atoms with E-state index in [0.717, 1.165) is 16.8 Å². The minimum atomic E-state index is -1.09. The van der Waals surface area contributed by atoms with E-state index in [1.54, 1.807) is 33.8 Å². The molecule has 0 unspecified atom stereocenters. The van der Waals surface area contributed by atoms with E-state index in [1.165, 1.54) is 19.2 Å². The summed E-state index contributed by atoms with van der Waals surface area (Å²) in [5.74, 6) is -1.13. The van der Waals surface area contributed by atoms with E-state index >= 15 is 0 Å². The Bertz CT molecular complexity index is 1450. The van der Waals surface area contributed by atoms with E-state index in [4.69, 9.17) is 19.2 Å². The molecule has 1 aromatic heterocycles. The number of esters is 1. The number of hydrogen-bond donors (Lipinski definition) is 2. The smallest absolute Gasteiger partial charge is 0.407 e. The van der Waals surface area contributed by atoms with E-state index in [0.29, 0.717) is 34.6 Å². The van der Waals surface area contributed by atoms with Crippen LogP contribution in [-0.2, 0) is 29.0 Å². The molecule has 0 saturated heterocycles. The minimum absolute atomic E-state index is 0.0616. The summed E-state index contributed by atoms with van der Waals surface area (Å²) in [5.41, 5.74) is 4.65. The number of carboxylic acid groups (broad SMARTS) is 1. The first kappa shape index (κ1) is 32.1. The Kier molecular flexibility index (Phi) is 10.3. The van der Waals surface area contributed by atoms with Gasteiger partial charge in [0.15, 0.2) is 0 Å². The van der Waals surface area contributed by atoms with Crippen molar-refractivity contribution in [2.24, 2.45) is 5.92 Å². The van der Waals surface area contributed by atoms with E-state index in [2.05, 4.69) is 19.2 Å². The molecule has 2 N–H and O–H groups in total. The van der Waals surface area contributed by atoms with Gasteiger partial charge in [-0.3, -0.25) is 4.98 Å². The highest BCUT2D eigenvalue weighted by atomic mass is 16.6. The third-order valence-corrected chi connectivity index (χ3v) is 6.41. The molecule has 9 heteroatoms. The van der Waals surface area contributed by atoms with Crippen LogP contribution >= 0.6 is 0 Å². The van der Waals surface area contributed by atoms with Crippen molar-refractivity contribution >= 4 is 18.0 Å². The zero-order valence-electron chi connectivity index (χ0n) is 25.6. The molecular weight excluding hydrogens is 536 g/mol. The van der Waals surface area contributed by atoms with Crippen LogP contribution in [0.5, 0.6) is 5.75 Å². The quantitative estimate of drug-likeness (QED) is 0.257. The number of aromatic nitrogens is 1. The summed E-state index contributed by atoms with van der Waals surface area (Å²) in [6, 6.07) is 12.2. The topological polar surface area (TPSA) is 124 Å². The predicted octanol–water partition coefficient (Wildman–Crippen LogP) is 6.65. The molecule has 0 aliphatic rings. The van der Waals surface area contributed by atoms with Gasteiger partial charge in [0.1, 0.15) is 18.0 Å². The molecule has 9 nitrogen and oxygen atoms in total. The monoisotopic (exact) mass is 576 g/mol. The molecule has 0 fully saturated rings. The molecule has 1 heterocycles.